The minimum Gasteiger partial charge on any atom is -0.337 e. The Balaban J connectivity index is 1.65. The highest BCUT2D eigenvalue weighted by molar-refractivity contribution is 7.99. The lowest BCUT2D eigenvalue weighted by molar-refractivity contribution is 0.0129. The molecular weight excluding hydrogens is 364 g/mol. The van der Waals surface area contributed by atoms with Crippen LogP contribution >= 0.6 is 11.8 Å². The first-order valence-electron chi connectivity index (χ1n) is 9.83. The Morgan fingerprint density at radius 1 is 1.04 bits per heavy atom. The van der Waals surface area contributed by atoms with E-state index < -0.39 is 12.5 Å². The van der Waals surface area contributed by atoms with Crippen molar-refractivity contribution < 1.29 is 4.74 Å². The molecule has 4 heteroatoms. The van der Waals surface area contributed by atoms with Crippen LogP contribution in [0.3, 0.4) is 0 Å². The van der Waals surface area contributed by atoms with E-state index >= 15 is 0 Å². The maximum atomic E-state index is 6.50. The second kappa shape index (κ2) is 7.53. The van der Waals surface area contributed by atoms with Crippen molar-refractivity contribution in [3.63, 3.8) is 0 Å². The van der Waals surface area contributed by atoms with E-state index in [0.717, 1.165) is 17.6 Å². The van der Waals surface area contributed by atoms with Gasteiger partial charge in [0.05, 0.1) is 0 Å². The van der Waals surface area contributed by atoms with Gasteiger partial charge in [-0.05, 0) is 35.1 Å². The third kappa shape index (κ3) is 3.46. The molecule has 4 rings (SSSR count). The minimum absolute atomic E-state index is 0.0842. The van der Waals surface area contributed by atoms with Gasteiger partial charge in [-0.3, -0.25) is 0 Å². The SMILES string of the molecule is CC1C=C(C(N)OC(N)c2cccc3c2Sc2ccccc2C3(C)C)C=CC1. The molecule has 0 spiro atoms. The highest BCUT2D eigenvalue weighted by Crippen LogP contribution is 2.50. The summed E-state index contributed by atoms with van der Waals surface area (Å²) in [6.07, 6.45) is 6.30. The number of rotatable bonds is 4. The van der Waals surface area contributed by atoms with Crippen LogP contribution in [0, 0.1) is 5.92 Å². The van der Waals surface area contributed by atoms with Gasteiger partial charge in [-0.2, -0.15) is 0 Å². The van der Waals surface area contributed by atoms with Crippen LogP contribution in [0.15, 0.2) is 76.1 Å². The minimum atomic E-state index is -0.579. The molecule has 2 aromatic carbocycles. The lowest BCUT2D eigenvalue weighted by Crippen LogP contribution is -2.32. The van der Waals surface area contributed by atoms with Crippen LogP contribution in [0.1, 0.15) is 50.1 Å². The molecule has 0 saturated carbocycles. The van der Waals surface area contributed by atoms with Crippen LogP contribution in [0.5, 0.6) is 0 Å². The van der Waals surface area contributed by atoms with Crippen molar-refractivity contribution in [3.8, 4) is 0 Å². The summed E-state index contributed by atoms with van der Waals surface area (Å²) in [6, 6.07) is 14.9. The average Bonchev–Trinajstić information content (AvgIpc) is 2.67. The van der Waals surface area contributed by atoms with Crippen molar-refractivity contribution in [2.45, 2.75) is 54.9 Å². The van der Waals surface area contributed by atoms with Crippen molar-refractivity contribution in [2.75, 3.05) is 0 Å². The number of ether oxygens (including phenoxy) is 1. The topological polar surface area (TPSA) is 61.3 Å². The van der Waals surface area contributed by atoms with Gasteiger partial charge in [0.1, 0.15) is 12.5 Å². The molecule has 2 aromatic rings. The molecule has 0 saturated heterocycles. The highest BCUT2D eigenvalue weighted by Gasteiger charge is 2.35. The largest absolute Gasteiger partial charge is 0.337 e. The van der Waals surface area contributed by atoms with Crippen molar-refractivity contribution in [1.29, 1.82) is 0 Å². The van der Waals surface area contributed by atoms with Gasteiger partial charge in [0, 0.05) is 20.8 Å². The lowest BCUT2D eigenvalue weighted by atomic mass is 9.77. The Morgan fingerprint density at radius 3 is 2.57 bits per heavy atom. The normalized spacial score (nSPS) is 22.0. The number of fused-ring (bicyclic) bond motifs is 2. The first-order chi connectivity index (χ1) is 13.4. The van der Waals surface area contributed by atoms with Crippen LogP contribution in [0.25, 0.3) is 0 Å². The maximum Gasteiger partial charge on any atom is 0.135 e. The van der Waals surface area contributed by atoms with E-state index in [9.17, 15) is 0 Å². The van der Waals surface area contributed by atoms with Gasteiger partial charge in [-0.15, -0.1) is 0 Å². The fourth-order valence-electron chi connectivity index (χ4n) is 4.08. The van der Waals surface area contributed by atoms with E-state index in [1.807, 2.05) is 6.08 Å². The number of benzene rings is 2. The van der Waals surface area contributed by atoms with E-state index in [2.05, 4.69) is 75.4 Å². The molecule has 3 unspecified atom stereocenters. The first-order valence-corrected chi connectivity index (χ1v) is 10.6. The Bertz CT molecular complexity index is 947. The zero-order valence-corrected chi connectivity index (χ0v) is 17.5. The Kier molecular flexibility index (Phi) is 5.23. The van der Waals surface area contributed by atoms with Gasteiger partial charge < -0.3 is 16.2 Å². The lowest BCUT2D eigenvalue weighted by Gasteiger charge is -2.36. The Morgan fingerprint density at radius 2 is 1.79 bits per heavy atom. The van der Waals surface area contributed by atoms with Crippen molar-refractivity contribution in [2.24, 2.45) is 17.4 Å². The summed E-state index contributed by atoms with van der Waals surface area (Å²) < 4.78 is 6.07. The van der Waals surface area contributed by atoms with E-state index in [-0.39, 0.29) is 5.41 Å². The average molecular weight is 393 g/mol. The summed E-state index contributed by atoms with van der Waals surface area (Å²) in [6.45, 7) is 6.72. The molecule has 1 heterocycles. The number of allylic oxidation sites excluding steroid dienone is 2. The summed E-state index contributed by atoms with van der Waals surface area (Å²) >= 11 is 1.77. The highest BCUT2D eigenvalue weighted by atomic mass is 32.2. The van der Waals surface area contributed by atoms with E-state index in [1.54, 1.807) is 11.8 Å². The third-order valence-corrected chi connectivity index (χ3v) is 6.95. The molecule has 1 aliphatic carbocycles. The molecule has 3 nitrogen and oxygen atoms in total. The fourth-order valence-corrected chi connectivity index (χ4v) is 5.62. The van der Waals surface area contributed by atoms with Crippen LogP contribution in [-0.2, 0) is 10.2 Å². The maximum absolute atomic E-state index is 6.50. The van der Waals surface area contributed by atoms with Gasteiger partial charge >= 0.3 is 0 Å². The van der Waals surface area contributed by atoms with Crippen LogP contribution < -0.4 is 11.5 Å². The van der Waals surface area contributed by atoms with Gasteiger partial charge in [-0.1, -0.05) is 87.2 Å². The molecule has 0 fully saturated rings. The summed E-state index contributed by atoms with van der Waals surface area (Å²) in [5, 5.41) is 0. The van der Waals surface area contributed by atoms with Gasteiger partial charge in [0.25, 0.3) is 0 Å². The van der Waals surface area contributed by atoms with Crippen molar-refractivity contribution >= 4 is 11.8 Å². The zero-order valence-electron chi connectivity index (χ0n) is 16.7. The van der Waals surface area contributed by atoms with E-state index in [0.29, 0.717) is 5.92 Å². The molecule has 4 N–H and O–H groups in total. The van der Waals surface area contributed by atoms with E-state index in [4.69, 9.17) is 16.2 Å². The van der Waals surface area contributed by atoms with Crippen molar-refractivity contribution in [1.82, 2.24) is 0 Å². The second-order valence-electron chi connectivity index (χ2n) is 8.21. The number of hydrogen-bond acceptors (Lipinski definition) is 4. The molecule has 28 heavy (non-hydrogen) atoms. The Labute approximate surface area is 171 Å². The summed E-state index contributed by atoms with van der Waals surface area (Å²) in [4.78, 5) is 2.46. The summed E-state index contributed by atoms with van der Waals surface area (Å²) in [5.41, 5.74) is 17.4. The molecule has 0 bridgehead atoms. The van der Waals surface area contributed by atoms with Crippen molar-refractivity contribution in [3.05, 3.63) is 83.0 Å². The predicted molar refractivity (Wildman–Crippen MR) is 116 cm³/mol. The smallest absolute Gasteiger partial charge is 0.135 e. The van der Waals surface area contributed by atoms with Crippen LogP contribution in [0.4, 0.5) is 0 Å². The van der Waals surface area contributed by atoms with Gasteiger partial charge in [-0.25, -0.2) is 0 Å². The van der Waals surface area contributed by atoms with E-state index in [1.165, 1.54) is 20.9 Å². The second-order valence-corrected chi connectivity index (χ2v) is 9.26. The van der Waals surface area contributed by atoms with Crippen LogP contribution in [-0.4, -0.2) is 6.23 Å². The standard InChI is InChI=1S/C24H28N2OS/c1-15-8-6-9-16(14-15)22(25)27-23(26)17-10-7-12-19-21(17)28-20-13-5-4-11-18(20)24(19,2)3/h4-7,9-15,22-23H,8,25-26H2,1-3H3. The monoisotopic (exact) mass is 392 g/mol. The fraction of sp³-hybridized carbons (Fsp3) is 0.333. The van der Waals surface area contributed by atoms with Gasteiger partial charge in [0.15, 0.2) is 0 Å². The Hall–Kier alpha value is -1.85. The molecule has 1 aliphatic heterocycles. The zero-order chi connectivity index (χ0) is 19.9. The quantitative estimate of drug-likeness (QED) is 0.697. The number of nitrogens with two attached hydrogens (primary N) is 2. The molecular formula is C24H28N2OS. The molecule has 0 amide bonds. The predicted octanol–water partition coefficient (Wildman–Crippen LogP) is 5.26. The molecule has 3 atom stereocenters. The molecule has 2 aliphatic rings. The number of hydrogen-bond donors (Lipinski definition) is 2. The first kappa shape index (κ1) is 19.5. The van der Waals surface area contributed by atoms with Crippen LogP contribution in [0.2, 0.25) is 0 Å². The summed E-state index contributed by atoms with van der Waals surface area (Å²) in [5.74, 6) is 0.475. The summed E-state index contributed by atoms with van der Waals surface area (Å²) in [7, 11) is 0. The molecule has 0 radical (unpaired) electrons. The third-order valence-electron chi connectivity index (χ3n) is 5.71. The molecule has 146 valence electrons. The molecule has 0 aromatic heterocycles. The van der Waals surface area contributed by atoms with Gasteiger partial charge in [0.2, 0.25) is 0 Å².